The summed E-state index contributed by atoms with van der Waals surface area (Å²) in [6, 6.07) is 32.2. The second-order valence-corrected chi connectivity index (χ2v) is 9.79. The van der Waals surface area contributed by atoms with E-state index in [9.17, 15) is 0 Å². The van der Waals surface area contributed by atoms with Gasteiger partial charge in [0.15, 0.2) is 23.3 Å². The van der Waals surface area contributed by atoms with Crippen molar-refractivity contribution >= 4 is 44.1 Å². The van der Waals surface area contributed by atoms with Crippen molar-refractivity contribution in [1.82, 2.24) is 39.9 Å². The fourth-order valence-electron chi connectivity index (χ4n) is 5.59. The van der Waals surface area contributed by atoms with Crippen molar-refractivity contribution in [3.05, 3.63) is 97.1 Å². The number of benzene rings is 4. The molecule has 0 atom stereocenters. The first-order valence-electron chi connectivity index (χ1n) is 13.0. The molecule has 9 rings (SSSR count). The molecular weight excluding hydrogens is 547 g/mol. The Balaban J connectivity index is 0.00000256. The Morgan fingerprint density at radius 2 is 0.561 bits per heavy atom. The molecule has 0 amide bonds. The molecule has 0 spiro atoms. The number of H-pyrrole nitrogens is 2. The van der Waals surface area contributed by atoms with Crippen LogP contribution in [-0.4, -0.2) is 39.9 Å². The molecule has 7 aromatic rings. The molecule has 8 nitrogen and oxygen atoms in total. The molecule has 1 radical (unpaired) electrons. The number of nitrogens with one attached hydrogen (secondary N) is 2. The van der Waals surface area contributed by atoms with E-state index in [2.05, 4.69) is 9.97 Å². The normalized spacial score (nSPS) is 11.7. The minimum Gasteiger partial charge on any atom is -0.324 e. The maximum Gasteiger partial charge on any atom is 2.00 e. The van der Waals surface area contributed by atoms with Crippen LogP contribution in [0, 0.1) is 0 Å². The number of rotatable bonds is 0. The molecule has 3 aromatic heterocycles. The average Bonchev–Trinajstić information content (AvgIpc) is 3.73. The van der Waals surface area contributed by atoms with Crippen molar-refractivity contribution in [2.45, 2.75) is 0 Å². The van der Waals surface area contributed by atoms with Gasteiger partial charge in [0.05, 0.1) is 0 Å². The minimum absolute atomic E-state index is 0. The molecule has 5 heterocycles. The van der Waals surface area contributed by atoms with Gasteiger partial charge in [-0.3, -0.25) is 0 Å². The first-order valence-corrected chi connectivity index (χ1v) is 13.0. The van der Waals surface area contributed by atoms with Crippen molar-refractivity contribution in [3.8, 4) is 45.6 Å². The summed E-state index contributed by atoms with van der Waals surface area (Å²) in [5, 5.41) is 3.82. The van der Waals surface area contributed by atoms with Gasteiger partial charge in [0.2, 0.25) is 0 Å². The van der Waals surface area contributed by atoms with Gasteiger partial charge >= 0.3 is 18.6 Å². The number of hydrogen-bond donors (Lipinski definition) is 2. The maximum absolute atomic E-state index is 5.02. The zero-order valence-corrected chi connectivity index (χ0v) is 22.8. The Hall–Kier alpha value is -5.18. The van der Waals surface area contributed by atoms with E-state index in [0.29, 0.717) is 45.9 Å². The van der Waals surface area contributed by atoms with Crippen molar-refractivity contribution < 1.29 is 18.6 Å². The maximum atomic E-state index is 5.02. The Morgan fingerprint density at radius 3 is 0.829 bits per heavy atom. The van der Waals surface area contributed by atoms with E-state index in [1.165, 1.54) is 0 Å². The first-order chi connectivity index (χ1) is 19.8. The second kappa shape index (κ2) is 8.92. The number of nitrogens with zero attached hydrogens (tertiary/aromatic N) is 6. The van der Waals surface area contributed by atoms with E-state index in [4.69, 9.17) is 29.9 Å². The molecule has 0 unspecified atom stereocenters. The number of hydrogen-bond acceptors (Lipinski definition) is 6. The van der Waals surface area contributed by atoms with Gasteiger partial charge < -0.3 is 9.97 Å². The molecule has 189 valence electrons. The van der Waals surface area contributed by atoms with Crippen molar-refractivity contribution in [2.24, 2.45) is 0 Å². The van der Waals surface area contributed by atoms with Crippen LogP contribution in [0.5, 0.6) is 0 Å². The van der Waals surface area contributed by atoms with Gasteiger partial charge in [-0.05, 0) is 0 Å². The van der Waals surface area contributed by atoms with Gasteiger partial charge in [-0.15, -0.1) is 0 Å². The number of aromatic nitrogens is 8. The molecule has 41 heavy (non-hydrogen) atoms. The van der Waals surface area contributed by atoms with Crippen molar-refractivity contribution in [1.29, 1.82) is 0 Å². The zero-order chi connectivity index (χ0) is 26.2. The third-order valence-electron chi connectivity index (χ3n) is 7.46. The SMILES string of the molecule is [V+2].c1ccc2c(c1)-c1nc-2nc2[nH]c(nc3nc(nc4[nH]c(n1)c1ccccc41)-c1ccccc1-3)c1ccccc21. The molecule has 8 bridgehead atoms. The van der Waals surface area contributed by atoms with Crippen LogP contribution in [0.15, 0.2) is 97.1 Å². The first kappa shape index (κ1) is 23.7. The summed E-state index contributed by atoms with van der Waals surface area (Å²) in [6.07, 6.45) is 0. The van der Waals surface area contributed by atoms with Gasteiger partial charge in [-0.25, -0.2) is 29.9 Å². The Labute approximate surface area is 244 Å². The smallest absolute Gasteiger partial charge is 0.324 e. The van der Waals surface area contributed by atoms with Gasteiger partial charge in [0.1, 0.15) is 22.6 Å². The van der Waals surface area contributed by atoms with Gasteiger partial charge in [0, 0.05) is 43.8 Å². The van der Waals surface area contributed by atoms with E-state index in [1.807, 2.05) is 97.1 Å². The summed E-state index contributed by atoms with van der Waals surface area (Å²) < 4.78 is 0. The molecule has 4 aromatic carbocycles. The molecule has 2 N–H and O–H groups in total. The summed E-state index contributed by atoms with van der Waals surface area (Å²) in [5.74, 6) is 2.39. The standard InChI is InChI=1S/C32H18N8.V/c1-2-10-18-17(9-1)25-33-26(18)38-28-21-13-5-6-14-22(21)30(35-28)40-32-24-16-8-7-15-23(24)31(36-32)39-29-20-12-4-3-11-19(20)27(34-29)37-25;/h1-16H,(H2,33,34,35,36,37,38,39,40);/q;+2. The fourth-order valence-corrected chi connectivity index (χ4v) is 5.59. The van der Waals surface area contributed by atoms with E-state index >= 15 is 0 Å². The van der Waals surface area contributed by atoms with Crippen molar-refractivity contribution in [3.63, 3.8) is 0 Å². The molecule has 0 saturated heterocycles. The van der Waals surface area contributed by atoms with Gasteiger partial charge in [-0.1, -0.05) is 97.1 Å². The summed E-state index contributed by atoms with van der Waals surface area (Å²) in [5.41, 5.74) is 6.45. The third kappa shape index (κ3) is 3.55. The van der Waals surface area contributed by atoms with Gasteiger partial charge in [0.25, 0.3) is 0 Å². The predicted molar refractivity (Wildman–Crippen MR) is 156 cm³/mol. The van der Waals surface area contributed by atoms with Crippen LogP contribution in [-0.2, 0) is 18.6 Å². The topological polar surface area (TPSA) is 109 Å². The van der Waals surface area contributed by atoms with E-state index in [-0.39, 0.29) is 18.6 Å². The summed E-state index contributed by atoms with van der Waals surface area (Å²) in [6.45, 7) is 0. The van der Waals surface area contributed by atoms with Crippen LogP contribution in [0.1, 0.15) is 0 Å². The van der Waals surface area contributed by atoms with Crippen LogP contribution in [0.25, 0.3) is 89.7 Å². The average molecular weight is 565 g/mol. The zero-order valence-electron chi connectivity index (χ0n) is 21.4. The Morgan fingerprint density at radius 1 is 0.317 bits per heavy atom. The summed E-state index contributed by atoms with van der Waals surface area (Å²) in [4.78, 5) is 36.8. The monoisotopic (exact) mass is 565 g/mol. The third-order valence-corrected chi connectivity index (χ3v) is 7.46. The van der Waals surface area contributed by atoms with Crippen LogP contribution in [0.2, 0.25) is 0 Å². The minimum atomic E-state index is 0. The second-order valence-electron chi connectivity index (χ2n) is 9.79. The molecule has 2 aliphatic rings. The Kier molecular flexibility index (Phi) is 5.16. The van der Waals surface area contributed by atoms with Crippen LogP contribution in [0.4, 0.5) is 0 Å². The van der Waals surface area contributed by atoms with E-state index in [0.717, 1.165) is 43.8 Å². The summed E-state index contributed by atoms with van der Waals surface area (Å²) >= 11 is 0. The molecule has 0 saturated carbocycles. The number of fused-ring (bicyclic) bond motifs is 20. The van der Waals surface area contributed by atoms with E-state index < -0.39 is 0 Å². The fraction of sp³-hybridized carbons (Fsp3) is 0. The van der Waals surface area contributed by atoms with E-state index in [1.54, 1.807) is 0 Å². The molecule has 0 aliphatic carbocycles. The molecule has 0 fully saturated rings. The Bertz CT molecular complexity index is 2030. The molecule has 2 aliphatic heterocycles. The number of aromatic amines is 2. The van der Waals surface area contributed by atoms with Crippen molar-refractivity contribution in [2.75, 3.05) is 0 Å². The molecular formula is C32H18N8V+2. The van der Waals surface area contributed by atoms with Crippen LogP contribution < -0.4 is 0 Å². The molecule has 9 heteroatoms. The summed E-state index contributed by atoms with van der Waals surface area (Å²) in [7, 11) is 0. The predicted octanol–water partition coefficient (Wildman–Crippen LogP) is 6.87. The van der Waals surface area contributed by atoms with Crippen LogP contribution >= 0.6 is 0 Å². The largest absolute Gasteiger partial charge is 2.00 e. The quantitative estimate of drug-likeness (QED) is 0.208. The van der Waals surface area contributed by atoms with Crippen LogP contribution in [0.3, 0.4) is 0 Å². The van der Waals surface area contributed by atoms with Gasteiger partial charge in [-0.2, -0.15) is 0 Å².